The van der Waals surface area contributed by atoms with Crippen LogP contribution in [0, 0.1) is 0 Å². The van der Waals surface area contributed by atoms with E-state index in [9.17, 15) is 0 Å². The number of hydrogen-bond acceptors (Lipinski definition) is 0. The summed E-state index contributed by atoms with van der Waals surface area (Å²) in [7, 11) is 0. The van der Waals surface area contributed by atoms with Crippen molar-refractivity contribution in [3.05, 3.63) is 0 Å². The first-order chi connectivity index (χ1) is 2.56. The molecule has 0 aliphatic rings. The van der Waals surface area contributed by atoms with Gasteiger partial charge in [-0.05, 0) is 6.42 Å². The molecule has 0 heterocycles. The maximum absolute atomic E-state index is 2.44. The van der Waals surface area contributed by atoms with Crippen LogP contribution >= 0.6 is 22.6 Å². The minimum absolute atomic E-state index is 0. The molecule has 0 aromatic rings. The molecule has 0 rings (SSSR count). The Kier molecular flexibility index (Phi) is 7.08. The molecule has 0 nitrogen and oxygen atoms in total. The molecule has 0 unspecified atom stereocenters. The zero-order valence-corrected chi connectivity index (χ0v) is 8.86. The van der Waals surface area contributed by atoms with Crippen LogP contribution in [-0.2, 0) is 0 Å². The van der Waals surface area contributed by atoms with E-state index in [4.69, 9.17) is 0 Å². The normalized spacial score (nSPS) is 10.3. The summed E-state index contributed by atoms with van der Waals surface area (Å²) in [5, 5.41) is 0. The van der Waals surface area contributed by atoms with Gasteiger partial charge in [0.15, 0.2) is 0 Å². The van der Waals surface area contributed by atoms with Crippen LogP contribution in [0.2, 0.25) is 0 Å². The number of rotatable bonds is 1. The van der Waals surface area contributed by atoms with Crippen molar-refractivity contribution in [3.63, 3.8) is 0 Å². The summed E-state index contributed by atoms with van der Waals surface area (Å²) >= 11 is 2.44. The monoisotopic (exact) mass is 224 g/mol. The van der Waals surface area contributed by atoms with E-state index >= 15 is 0 Å². The number of alkyl halides is 1. The van der Waals surface area contributed by atoms with Crippen molar-refractivity contribution in [3.8, 4) is 0 Å². The third kappa shape index (κ3) is 11.2. The van der Waals surface area contributed by atoms with Crippen LogP contribution in [0.15, 0.2) is 0 Å². The SMILES string of the molecule is CCC(C)(C)I.[H-].[H-].[Mg+2]. The van der Waals surface area contributed by atoms with Gasteiger partial charge in [-0.2, -0.15) is 0 Å². The Balaban J connectivity index is -0.0000000417. The van der Waals surface area contributed by atoms with Crippen molar-refractivity contribution >= 4 is 45.6 Å². The smallest absolute Gasteiger partial charge is 1.00 e. The fraction of sp³-hybridized carbons (Fsp3) is 1.00. The molecule has 0 N–H and O–H groups in total. The second kappa shape index (κ2) is 4.38. The maximum atomic E-state index is 2.44. The fourth-order valence-electron chi connectivity index (χ4n) is 0. The van der Waals surface area contributed by atoms with Gasteiger partial charge in [-0.25, -0.2) is 0 Å². The van der Waals surface area contributed by atoms with Gasteiger partial charge in [0.1, 0.15) is 0 Å². The molecule has 0 radical (unpaired) electrons. The first kappa shape index (κ1) is 11.3. The van der Waals surface area contributed by atoms with Crippen LogP contribution in [0.1, 0.15) is 30.0 Å². The van der Waals surface area contributed by atoms with E-state index in [0.29, 0.717) is 3.42 Å². The third-order valence-corrected chi connectivity index (χ3v) is 1.60. The van der Waals surface area contributed by atoms with E-state index in [1.807, 2.05) is 0 Å². The Labute approximate surface area is 78.7 Å². The van der Waals surface area contributed by atoms with Crippen LogP contribution < -0.4 is 0 Å². The van der Waals surface area contributed by atoms with Crippen LogP contribution in [-0.4, -0.2) is 26.5 Å². The van der Waals surface area contributed by atoms with Gasteiger partial charge in [0.25, 0.3) is 0 Å². The summed E-state index contributed by atoms with van der Waals surface area (Å²) in [6.07, 6.45) is 1.26. The predicted octanol–water partition coefficient (Wildman–Crippen LogP) is 2.45. The summed E-state index contributed by atoms with van der Waals surface area (Å²) in [6.45, 7) is 6.66. The molecule has 0 saturated heterocycles. The maximum Gasteiger partial charge on any atom is 2.00 e. The van der Waals surface area contributed by atoms with Gasteiger partial charge in [0.05, 0.1) is 0 Å². The standard InChI is InChI=1S/C5H11I.Mg.2H/c1-4-5(2,3)6;;;/h4H2,1-3H3;;;/q;+2;2*-1. The third-order valence-electron chi connectivity index (χ3n) is 0.841. The minimum Gasteiger partial charge on any atom is -1.00 e. The molecule has 42 valence electrons. The van der Waals surface area contributed by atoms with Gasteiger partial charge in [-0.3, -0.25) is 0 Å². The van der Waals surface area contributed by atoms with E-state index in [0.717, 1.165) is 0 Å². The molecule has 2 heteroatoms. The first-order valence-corrected chi connectivity index (χ1v) is 3.33. The Bertz CT molecular complexity index is 44.7. The van der Waals surface area contributed by atoms with Crippen molar-refractivity contribution < 1.29 is 2.85 Å². The second-order valence-corrected chi connectivity index (χ2v) is 4.99. The number of hydrogen-bond donors (Lipinski definition) is 0. The van der Waals surface area contributed by atoms with Gasteiger partial charge in [0.2, 0.25) is 0 Å². The Morgan fingerprint density at radius 1 is 1.57 bits per heavy atom. The van der Waals surface area contributed by atoms with Crippen LogP contribution in [0.5, 0.6) is 0 Å². The second-order valence-electron chi connectivity index (χ2n) is 2.07. The summed E-state index contributed by atoms with van der Waals surface area (Å²) in [4.78, 5) is 0. The van der Waals surface area contributed by atoms with Crippen LogP contribution in [0.25, 0.3) is 0 Å². The fourth-order valence-corrected chi connectivity index (χ4v) is 0. The molecule has 7 heavy (non-hydrogen) atoms. The molecule has 0 fully saturated rings. The van der Waals surface area contributed by atoms with E-state index in [2.05, 4.69) is 43.4 Å². The van der Waals surface area contributed by atoms with E-state index in [1.165, 1.54) is 6.42 Å². The van der Waals surface area contributed by atoms with Crippen LogP contribution in [0.4, 0.5) is 0 Å². The van der Waals surface area contributed by atoms with Crippen molar-refractivity contribution in [1.29, 1.82) is 0 Å². The van der Waals surface area contributed by atoms with Crippen molar-refractivity contribution in [2.45, 2.75) is 30.6 Å². The molecular formula is C5H13IMg. The average Bonchev–Trinajstić information content (AvgIpc) is 1.35. The van der Waals surface area contributed by atoms with Crippen molar-refractivity contribution in [2.75, 3.05) is 0 Å². The molecule has 0 aromatic carbocycles. The first-order valence-electron chi connectivity index (χ1n) is 2.25. The van der Waals surface area contributed by atoms with Crippen molar-refractivity contribution in [1.82, 2.24) is 0 Å². The largest absolute Gasteiger partial charge is 2.00 e. The summed E-state index contributed by atoms with van der Waals surface area (Å²) < 4.78 is 0.512. The minimum atomic E-state index is 0. The van der Waals surface area contributed by atoms with Gasteiger partial charge in [-0.1, -0.05) is 43.4 Å². The molecule has 0 aliphatic heterocycles. The van der Waals surface area contributed by atoms with Gasteiger partial charge in [-0.15, -0.1) is 0 Å². The van der Waals surface area contributed by atoms with Gasteiger partial charge < -0.3 is 2.85 Å². The molecular weight excluding hydrogens is 211 g/mol. The van der Waals surface area contributed by atoms with E-state index in [-0.39, 0.29) is 25.9 Å². The average molecular weight is 224 g/mol. The van der Waals surface area contributed by atoms with E-state index in [1.54, 1.807) is 0 Å². The number of halogens is 1. The zero-order chi connectivity index (χ0) is 5.21. The molecule has 0 amide bonds. The van der Waals surface area contributed by atoms with Gasteiger partial charge in [0, 0.05) is 3.42 Å². The molecule has 0 saturated carbocycles. The van der Waals surface area contributed by atoms with E-state index < -0.39 is 0 Å². The summed E-state index contributed by atoms with van der Waals surface area (Å²) in [5.74, 6) is 0. The molecule has 0 aromatic heterocycles. The zero-order valence-electron chi connectivity index (χ0n) is 7.29. The summed E-state index contributed by atoms with van der Waals surface area (Å²) in [6, 6.07) is 0. The Morgan fingerprint density at radius 2 is 1.71 bits per heavy atom. The van der Waals surface area contributed by atoms with Crippen molar-refractivity contribution in [2.24, 2.45) is 0 Å². The quantitative estimate of drug-likeness (QED) is 0.365. The molecule has 0 spiro atoms. The topological polar surface area (TPSA) is 0 Å². The predicted molar refractivity (Wildman–Crippen MR) is 46.4 cm³/mol. The summed E-state index contributed by atoms with van der Waals surface area (Å²) in [5.41, 5.74) is 0. The van der Waals surface area contributed by atoms with Gasteiger partial charge >= 0.3 is 23.1 Å². The molecule has 0 aliphatic carbocycles. The molecule has 0 bridgehead atoms. The Morgan fingerprint density at radius 3 is 1.71 bits per heavy atom. The Hall–Kier alpha value is 1.50. The molecule has 0 atom stereocenters. The van der Waals surface area contributed by atoms with Crippen LogP contribution in [0.3, 0.4) is 0 Å².